The minimum absolute atomic E-state index is 0.0782. The molecule has 2 rings (SSSR count). The zero-order valence-corrected chi connectivity index (χ0v) is 11.6. The predicted molar refractivity (Wildman–Crippen MR) is 72.4 cm³/mol. The van der Waals surface area contributed by atoms with Gasteiger partial charge in [0.2, 0.25) is 0 Å². The molecule has 2 N–H and O–H groups in total. The van der Waals surface area contributed by atoms with Gasteiger partial charge in [-0.25, -0.2) is 4.98 Å². The molecule has 2 aromatic rings. The minimum atomic E-state index is 0.0782. The Morgan fingerprint density at radius 2 is 2.35 bits per heavy atom. The molecule has 0 radical (unpaired) electrons. The Morgan fingerprint density at radius 3 is 2.88 bits per heavy atom. The molecule has 0 aromatic carbocycles. The molecule has 0 aliphatic heterocycles. The first-order chi connectivity index (χ1) is 8.20. The highest BCUT2D eigenvalue weighted by Gasteiger charge is 2.23. The van der Waals surface area contributed by atoms with Crippen molar-refractivity contribution in [3.05, 3.63) is 35.2 Å². The molecule has 2 aromatic heterocycles. The third-order valence-corrected chi connectivity index (χ3v) is 4.82. The number of rotatable bonds is 5. The summed E-state index contributed by atoms with van der Waals surface area (Å²) >= 11 is 3.32. The summed E-state index contributed by atoms with van der Waals surface area (Å²) in [5.74, 6) is 1.87. The van der Waals surface area contributed by atoms with E-state index in [1.54, 1.807) is 23.1 Å². The fraction of sp³-hybridized carbons (Fsp3) is 0.417. The molecule has 92 valence electrons. The summed E-state index contributed by atoms with van der Waals surface area (Å²) in [7, 11) is 0. The van der Waals surface area contributed by atoms with Crippen molar-refractivity contribution in [3.63, 3.8) is 0 Å². The summed E-state index contributed by atoms with van der Waals surface area (Å²) in [6.07, 6.45) is 2.73. The average Bonchev–Trinajstić information content (AvgIpc) is 2.96. The van der Waals surface area contributed by atoms with Crippen LogP contribution in [0, 0.1) is 6.92 Å². The molecule has 2 heterocycles. The van der Waals surface area contributed by atoms with Crippen LogP contribution in [0.15, 0.2) is 32.5 Å². The second-order valence-electron chi connectivity index (χ2n) is 3.86. The van der Waals surface area contributed by atoms with Crippen LogP contribution in [-0.4, -0.2) is 11.0 Å². The third-order valence-electron chi connectivity index (χ3n) is 2.54. The first kappa shape index (κ1) is 12.7. The predicted octanol–water partition coefficient (Wildman–Crippen LogP) is 3.62. The van der Waals surface area contributed by atoms with Gasteiger partial charge in [-0.3, -0.25) is 0 Å². The highest BCUT2D eigenvalue weighted by atomic mass is 32.2. The minimum Gasteiger partial charge on any atom is -0.465 e. The molecule has 0 spiro atoms. The summed E-state index contributed by atoms with van der Waals surface area (Å²) in [6, 6.07) is 4.07. The quantitative estimate of drug-likeness (QED) is 0.842. The molecule has 5 heteroatoms. The molecule has 0 bridgehead atoms. The highest BCUT2D eigenvalue weighted by molar-refractivity contribution is 8.01. The maximum absolute atomic E-state index is 6.17. The highest BCUT2D eigenvalue weighted by Crippen LogP contribution is 2.39. The van der Waals surface area contributed by atoms with E-state index < -0.39 is 0 Å². The Kier molecular flexibility index (Phi) is 4.25. The molecule has 0 aliphatic rings. The fourth-order valence-corrected chi connectivity index (χ4v) is 3.56. The summed E-state index contributed by atoms with van der Waals surface area (Å²) in [5, 5.41) is 2.12. The van der Waals surface area contributed by atoms with Crippen LogP contribution in [0.4, 0.5) is 0 Å². The summed E-state index contributed by atoms with van der Waals surface area (Å²) in [6.45, 7) is 4.04. The van der Waals surface area contributed by atoms with Gasteiger partial charge in [0.05, 0.1) is 5.25 Å². The van der Waals surface area contributed by atoms with E-state index in [9.17, 15) is 0 Å². The number of hydrogen-bond acceptors (Lipinski definition) is 5. The average molecular weight is 268 g/mol. The number of aryl methyl sites for hydroxylation is 1. The Hall–Kier alpha value is -0.780. The van der Waals surface area contributed by atoms with Gasteiger partial charge in [-0.2, -0.15) is 0 Å². The molecule has 0 saturated heterocycles. The van der Waals surface area contributed by atoms with Crippen LogP contribution in [0.25, 0.3) is 0 Å². The number of aromatic nitrogens is 1. The van der Waals surface area contributed by atoms with Crippen LogP contribution < -0.4 is 5.73 Å². The van der Waals surface area contributed by atoms with Gasteiger partial charge in [0, 0.05) is 17.6 Å². The molecule has 0 saturated carbocycles. The number of furan rings is 1. The van der Waals surface area contributed by atoms with Gasteiger partial charge in [0.25, 0.3) is 0 Å². The van der Waals surface area contributed by atoms with Gasteiger partial charge >= 0.3 is 0 Å². The Bertz CT molecular complexity index is 453. The molecule has 17 heavy (non-hydrogen) atoms. The van der Waals surface area contributed by atoms with Crippen molar-refractivity contribution < 1.29 is 4.42 Å². The van der Waals surface area contributed by atoms with Gasteiger partial charge in [0.15, 0.2) is 4.34 Å². The number of thioether (sulfide) groups is 1. The maximum Gasteiger partial charge on any atom is 0.150 e. The van der Waals surface area contributed by atoms with E-state index in [2.05, 4.69) is 11.9 Å². The van der Waals surface area contributed by atoms with Crippen LogP contribution in [0.5, 0.6) is 0 Å². The van der Waals surface area contributed by atoms with E-state index in [0.717, 1.165) is 22.3 Å². The number of nitrogens with two attached hydrogens (primary N) is 1. The van der Waals surface area contributed by atoms with Crippen LogP contribution in [0.1, 0.15) is 30.1 Å². The summed E-state index contributed by atoms with van der Waals surface area (Å²) in [4.78, 5) is 4.29. The largest absolute Gasteiger partial charge is 0.465 e. The number of hydrogen-bond donors (Lipinski definition) is 1. The molecular weight excluding hydrogens is 252 g/mol. The Labute approximate surface area is 109 Å². The molecule has 0 fully saturated rings. The normalized spacial score (nSPS) is 14.8. The van der Waals surface area contributed by atoms with E-state index in [-0.39, 0.29) is 11.3 Å². The van der Waals surface area contributed by atoms with E-state index in [1.165, 1.54) is 0 Å². The lowest BCUT2D eigenvalue weighted by Gasteiger charge is -2.19. The van der Waals surface area contributed by atoms with Crippen molar-refractivity contribution in [3.8, 4) is 0 Å². The van der Waals surface area contributed by atoms with E-state index in [4.69, 9.17) is 10.2 Å². The van der Waals surface area contributed by atoms with Gasteiger partial charge in [-0.15, -0.1) is 11.3 Å². The lowest BCUT2D eigenvalue weighted by molar-refractivity contribution is 0.454. The van der Waals surface area contributed by atoms with Crippen molar-refractivity contribution in [2.75, 3.05) is 0 Å². The van der Waals surface area contributed by atoms with Gasteiger partial charge in [-0.1, -0.05) is 18.7 Å². The molecule has 2 unspecified atom stereocenters. The van der Waals surface area contributed by atoms with Crippen LogP contribution in [0.2, 0.25) is 0 Å². The third kappa shape index (κ3) is 3.12. The molecular formula is C12H16N2OS2. The van der Waals surface area contributed by atoms with Crippen molar-refractivity contribution in [1.29, 1.82) is 0 Å². The molecule has 0 amide bonds. The SMILES string of the molecule is CCC(N)C(Sc1nccs1)c1ccc(C)o1. The van der Waals surface area contributed by atoms with Crippen molar-refractivity contribution >= 4 is 23.1 Å². The molecule has 2 atom stereocenters. The number of nitrogens with zero attached hydrogens (tertiary/aromatic N) is 1. The second kappa shape index (κ2) is 5.71. The topological polar surface area (TPSA) is 52.0 Å². The van der Waals surface area contributed by atoms with E-state index >= 15 is 0 Å². The van der Waals surface area contributed by atoms with E-state index in [1.807, 2.05) is 30.6 Å². The zero-order valence-electron chi connectivity index (χ0n) is 9.92. The lowest BCUT2D eigenvalue weighted by atomic mass is 10.1. The lowest BCUT2D eigenvalue weighted by Crippen LogP contribution is -2.25. The monoisotopic (exact) mass is 268 g/mol. The Balaban J connectivity index is 2.19. The smallest absolute Gasteiger partial charge is 0.150 e. The molecule has 0 aliphatic carbocycles. The van der Waals surface area contributed by atoms with Crippen LogP contribution in [0.3, 0.4) is 0 Å². The van der Waals surface area contributed by atoms with Gasteiger partial charge in [0.1, 0.15) is 11.5 Å². The van der Waals surface area contributed by atoms with Crippen LogP contribution >= 0.6 is 23.1 Å². The maximum atomic E-state index is 6.17. The van der Waals surface area contributed by atoms with E-state index in [0.29, 0.717) is 0 Å². The summed E-state index contributed by atoms with van der Waals surface area (Å²) in [5.41, 5.74) is 6.17. The standard InChI is InChI=1S/C12H16N2OS2/c1-3-9(13)11(10-5-4-8(2)15-10)17-12-14-6-7-16-12/h4-7,9,11H,3,13H2,1-2H3. The van der Waals surface area contributed by atoms with Gasteiger partial charge < -0.3 is 10.2 Å². The fourth-order valence-electron chi connectivity index (χ4n) is 1.55. The van der Waals surface area contributed by atoms with Crippen molar-refractivity contribution in [2.45, 2.75) is 35.9 Å². The van der Waals surface area contributed by atoms with Crippen LogP contribution in [-0.2, 0) is 0 Å². The molecule has 3 nitrogen and oxygen atoms in total. The second-order valence-corrected chi connectivity index (χ2v) is 6.14. The van der Waals surface area contributed by atoms with Crippen molar-refractivity contribution in [1.82, 2.24) is 4.98 Å². The Morgan fingerprint density at radius 1 is 1.53 bits per heavy atom. The van der Waals surface area contributed by atoms with Gasteiger partial charge in [-0.05, 0) is 25.5 Å². The zero-order chi connectivity index (χ0) is 12.3. The first-order valence-corrected chi connectivity index (χ1v) is 7.34. The van der Waals surface area contributed by atoms with Crippen molar-refractivity contribution in [2.24, 2.45) is 5.73 Å². The number of thiazole rings is 1. The first-order valence-electron chi connectivity index (χ1n) is 5.58. The summed E-state index contributed by atoms with van der Waals surface area (Å²) < 4.78 is 6.73.